The molecule has 0 radical (unpaired) electrons. The Morgan fingerprint density at radius 3 is 2.44 bits per heavy atom. The molecule has 4 aromatic rings. The van der Waals surface area contributed by atoms with E-state index >= 15 is 0 Å². The normalized spacial score (nSPS) is 17.2. The Balaban J connectivity index is 1.50. The molecular weight excluding hydrogens is 426 g/mol. The van der Waals surface area contributed by atoms with E-state index in [1.807, 2.05) is 48.5 Å². The summed E-state index contributed by atoms with van der Waals surface area (Å²) < 4.78 is 3.78. The number of fused-ring (bicyclic) bond motifs is 3. The fourth-order valence-corrected chi connectivity index (χ4v) is 5.70. The van der Waals surface area contributed by atoms with Gasteiger partial charge in [-0.05, 0) is 49.4 Å². The van der Waals surface area contributed by atoms with Gasteiger partial charge < -0.3 is 5.32 Å². The van der Waals surface area contributed by atoms with Crippen LogP contribution in [0.2, 0.25) is 0 Å². The molecule has 2 aliphatic rings. The quantitative estimate of drug-likeness (QED) is 0.465. The molecule has 7 nitrogen and oxygen atoms in total. The minimum atomic E-state index is -0.117. The second kappa shape index (κ2) is 8.70. The summed E-state index contributed by atoms with van der Waals surface area (Å²) in [5.41, 5.74) is 2.38. The van der Waals surface area contributed by atoms with Gasteiger partial charge in [-0.15, -0.1) is 10.2 Å². The molecular formula is C27H29N5O2. The molecule has 0 spiro atoms. The summed E-state index contributed by atoms with van der Waals surface area (Å²) in [5.74, 6) is 1.98. The predicted molar refractivity (Wildman–Crippen MR) is 132 cm³/mol. The molecule has 0 saturated heterocycles. The maximum absolute atomic E-state index is 13.7. The van der Waals surface area contributed by atoms with Crippen LogP contribution in [0.25, 0.3) is 16.7 Å². The third-order valence-corrected chi connectivity index (χ3v) is 7.52. The number of nitrogens with zero attached hydrogens (tertiary/aromatic N) is 4. The van der Waals surface area contributed by atoms with E-state index in [1.165, 1.54) is 12.8 Å². The molecule has 2 fully saturated rings. The van der Waals surface area contributed by atoms with Crippen LogP contribution in [0.3, 0.4) is 0 Å². The maximum atomic E-state index is 13.7. The van der Waals surface area contributed by atoms with E-state index in [4.69, 9.17) is 0 Å². The van der Waals surface area contributed by atoms with Crippen LogP contribution < -0.4 is 10.9 Å². The van der Waals surface area contributed by atoms with Gasteiger partial charge in [-0.25, -0.2) is 0 Å². The number of amides is 1. The molecule has 2 aromatic carbocycles. The lowest BCUT2D eigenvalue weighted by molar-refractivity contribution is -0.119. The third kappa shape index (κ3) is 3.69. The van der Waals surface area contributed by atoms with Crippen molar-refractivity contribution in [3.8, 4) is 0 Å². The summed E-state index contributed by atoms with van der Waals surface area (Å²) in [6, 6.07) is 15.6. The molecule has 2 aliphatic carbocycles. The number of hydrogen-bond acceptors (Lipinski definition) is 4. The Labute approximate surface area is 197 Å². The van der Waals surface area contributed by atoms with Crippen LogP contribution in [0.5, 0.6) is 0 Å². The van der Waals surface area contributed by atoms with E-state index < -0.39 is 0 Å². The summed E-state index contributed by atoms with van der Waals surface area (Å²) >= 11 is 0. The zero-order chi connectivity index (χ0) is 23.1. The van der Waals surface area contributed by atoms with Gasteiger partial charge in [0, 0.05) is 17.5 Å². The van der Waals surface area contributed by atoms with Crippen LogP contribution in [-0.4, -0.2) is 25.1 Å². The molecule has 34 heavy (non-hydrogen) atoms. The van der Waals surface area contributed by atoms with E-state index in [2.05, 4.69) is 19.9 Å². The summed E-state index contributed by atoms with van der Waals surface area (Å²) in [7, 11) is 0. The molecule has 2 aromatic heterocycles. The van der Waals surface area contributed by atoms with Crippen LogP contribution in [-0.2, 0) is 11.3 Å². The second-order valence-corrected chi connectivity index (χ2v) is 9.75. The Hall–Kier alpha value is -3.48. The first kappa shape index (κ1) is 21.1. The van der Waals surface area contributed by atoms with E-state index in [0.29, 0.717) is 29.3 Å². The fourth-order valence-electron chi connectivity index (χ4n) is 5.70. The van der Waals surface area contributed by atoms with Crippen LogP contribution >= 0.6 is 0 Å². The van der Waals surface area contributed by atoms with Crippen molar-refractivity contribution in [2.24, 2.45) is 5.92 Å². The van der Waals surface area contributed by atoms with Crippen molar-refractivity contribution in [1.82, 2.24) is 19.2 Å². The van der Waals surface area contributed by atoms with Crippen LogP contribution in [0.4, 0.5) is 5.69 Å². The Bertz CT molecular complexity index is 1410. The second-order valence-electron chi connectivity index (χ2n) is 9.75. The average Bonchev–Trinajstić information content (AvgIpc) is 3.64. The number of carbonyl (C=O) groups excluding carboxylic acids is 1. The van der Waals surface area contributed by atoms with E-state index in [0.717, 1.165) is 55.4 Å². The van der Waals surface area contributed by atoms with Crippen LogP contribution in [0.1, 0.15) is 68.7 Å². The number of nitrogens with one attached hydrogen (secondary N) is 1. The van der Waals surface area contributed by atoms with E-state index in [9.17, 15) is 9.59 Å². The number of aromatic nitrogens is 4. The lowest BCUT2D eigenvalue weighted by atomic mass is 10.1. The zero-order valence-corrected chi connectivity index (χ0v) is 19.2. The molecule has 174 valence electrons. The average molecular weight is 456 g/mol. The van der Waals surface area contributed by atoms with Gasteiger partial charge in [0.25, 0.3) is 5.56 Å². The van der Waals surface area contributed by atoms with Crippen LogP contribution in [0.15, 0.2) is 53.3 Å². The van der Waals surface area contributed by atoms with Gasteiger partial charge >= 0.3 is 0 Å². The van der Waals surface area contributed by atoms with E-state index in [-0.39, 0.29) is 17.4 Å². The summed E-state index contributed by atoms with van der Waals surface area (Å²) in [6.45, 7) is 0.417. The first-order chi connectivity index (χ1) is 16.7. The predicted octanol–water partition coefficient (Wildman–Crippen LogP) is 4.88. The van der Waals surface area contributed by atoms with Crippen molar-refractivity contribution in [3.05, 3.63) is 70.3 Å². The van der Waals surface area contributed by atoms with Crippen molar-refractivity contribution in [1.29, 1.82) is 0 Å². The standard InChI is InChI=1S/C27H29N5O2/c33-25(20-12-6-7-13-20)28-21-14-15-23-22(16-21)26(34)31(17-18-8-2-1-3-9-18)27-30-29-24(32(23)27)19-10-4-5-11-19/h1-3,8-9,14-16,19-20H,4-7,10-13,17H2,(H,28,33). The van der Waals surface area contributed by atoms with Gasteiger partial charge in [0.1, 0.15) is 5.82 Å². The van der Waals surface area contributed by atoms with Crippen molar-refractivity contribution in [2.75, 3.05) is 5.32 Å². The monoisotopic (exact) mass is 455 g/mol. The Morgan fingerprint density at radius 1 is 0.941 bits per heavy atom. The number of benzene rings is 2. The lowest BCUT2D eigenvalue weighted by Crippen LogP contribution is -2.25. The highest BCUT2D eigenvalue weighted by Crippen LogP contribution is 2.34. The Kier molecular flexibility index (Phi) is 5.40. The molecule has 2 saturated carbocycles. The minimum absolute atomic E-state index is 0.0541. The molecule has 0 bridgehead atoms. The fraction of sp³-hybridized carbons (Fsp3) is 0.407. The number of rotatable bonds is 5. The summed E-state index contributed by atoms with van der Waals surface area (Å²) in [5, 5.41) is 12.7. The molecule has 6 rings (SSSR count). The van der Waals surface area contributed by atoms with E-state index in [1.54, 1.807) is 4.57 Å². The summed E-state index contributed by atoms with van der Waals surface area (Å²) in [4.78, 5) is 26.5. The molecule has 2 heterocycles. The van der Waals surface area contributed by atoms with Gasteiger partial charge in [0.15, 0.2) is 0 Å². The highest BCUT2D eigenvalue weighted by molar-refractivity contribution is 5.95. The van der Waals surface area contributed by atoms with Crippen molar-refractivity contribution < 1.29 is 4.79 Å². The van der Waals surface area contributed by atoms with Crippen molar-refractivity contribution in [2.45, 2.75) is 63.8 Å². The molecule has 1 N–H and O–H groups in total. The van der Waals surface area contributed by atoms with Gasteiger partial charge in [-0.1, -0.05) is 56.0 Å². The zero-order valence-electron chi connectivity index (χ0n) is 19.2. The highest BCUT2D eigenvalue weighted by Gasteiger charge is 2.26. The molecule has 1 amide bonds. The summed E-state index contributed by atoms with van der Waals surface area (Å²) in [6.07, 6.45) is 8.66. The number of hydrogen-bond donors (Lipinski definition) is 1. The SMILES string of the molecule is O=C(Nc1ccc2c(c1)c(=O)n(Cc1ccccc1)c1nnc(C3CCCC3)n21)C1CCCC1. The largest absolute Gasteiger partial charge is 0.326 e. The maximum Gasteiger partial charge on any atom is 0.263 e. The number of carbonyl (C=O) groups is 1. The first-order valence-corrected chi connectivity index (χ1v) is 12.5. The smallest absolute Gasteiger partial charge is 0.263 e. The molecule has 0 aliphatic heterocycles. The molecule has 7 heteroatoms. The van der Waals surface area contributed by atoms with Gasteiger partial charge in [0.05, 0.1) is 17.4 Å². The van der Waals surface area contributed by atoms with Gasteiger partial charge in [-0.2, -0.15) is 0 Å². The topological polar surface area (TPSA) is 81.3 Å². The third-order valence-electron chi connectivity index (χ3n) is 7.52. The lowest BCUT2D eigenvalue weighted by Gasteiger charge is -2.15. The highest BCUT2D eigenvalue weighted by atomic mass is 16.2. The van der Waals surface area contributed by atoms with Crippen molar-refractivity contribution in [3.63, 3.8) is 0 Å². The molecule has 0 unspecified atom stereocenters. The first-order valence-electron chi connectivity index (χ1n) is 12.5. The Morgan fingerprint density at radius 2 is 1.68 bits per heavy atom. The van der Waals surface area contributed by atoms with Gasteiger partial charge in [0.2, 0.25) is 11.7 Å². The minimum Gasteiger partial charge on any atom is -0.326 e. The van der Waals surface area contributed by atoms with Gasteiger partial charge in [-0.3, -0.25) is 18.6 Å². The molecule has 0 atom stereocenters. The van der Waals surface area contributed by atoms with Crippen LogP contribution in [0, 0.1) is 5.92 Å². The van der Waals surface area contributed by atoms with Crippen molar-refractivity contribution >= 4 is 28.3 Å². The number of anilines is 1.